The fourth-order valence-corrected chi connectivity index (χ4v) is 6.62. The fraction of sp³-hybridized carbons (Fsp3) is 0.424. The van der Waals surface area contributed by atoms with Crippen LogP contribution in [0, 0.1) is 0 Å². The van der Waals surface area contributed by atoms with Gasteiger partial charge in [0, 0.05) is 63.0 Å². The average Bonchev–Trinajstić information content (AvgIpc) is 3.73. The van der Waals surface area contributed by atoms with E-state index in [0.29, 0.717) is 18.7 Å². The van der Waals surface area contributed by atoms with Crippen LogP contribution in [0.4, 0.5) is 5.69 Å². The molecule has 2 aliphatic rings. The Hall–Kier alpha value is -3.99. The quantitative estimate of drug-likeness (QED) is 0.257. The van der Waals surface area contributed by atoms with Crippen molar-refractivity contribution in [3.05, 3.63) is 85.1 Å². The summed E-state index contributed by atoms with van der Waals surface area (Å²) in [6.45, 7) is 3.04. The van der Waals surface area contributed by atoms with Crippen LogP contribution >= 0.6 is 0 Å². The molecule has 3 heterocycles. The summed E-state index contributed by atoms with van der Waals surface area (Å²) in [4.78, 5) is 21.0. The number of carbonyl (C=O) groups excluding carboxylic acids is 1. The largest absolute Gasteiger partial charge is 0.385 e. The Morgan fingerprint density at radius 2 is 1.98 bits per heavy atom. The molecule has 1 saturated carbocycles. The van der Waals surface area contributed by atoms with Crippen LogP contribution in [0.2, 0.25) is 0 Å². The van der Waals surface area contributed by atoms with E-state index in [9.17, 15) is 9.90 Å². The van der Waals surface area contributed by atoms with Gasteiger partial charge in [-0.15, -0.1) is 0 Å². The number of hydrogen-bond acceptors (Lipinski definition) is 7. The van der Waals surface area contributed by atoms with Gasteiger partial charge < -0.3 is 29.9 Å². The number of nitrogens with zero attached hydrogens (tertiary/aromatic N) is 5. The number of anilines is 1. The molecule has 0 bridgehead atoms. The van der Waals surface area contributed by atoms with Crippen molar-refractivity contribution >= 4 is 11.6 Å². The third-order valence-corrected chi connectivity index (χ3v) is 8.79. The number of imidazole rings is 1. The standard InChI is InChI=1S/C33H41N7O3/c1-43-23-33(42)16-6-5-10-29(33)39-24-36-30(31(39)25-8-3-2-4-9-25)32(41)38-21-19-34-22-28(38)15-18-35-26-11-13-27(14-12-26)40-20-7-17-37-40/h2-4,7-9,11-14,17,20,24,28-29,34-35,42H,5-6,10,15-16,18-19,21-23H2,1H3/t28-,29-,33?/m1/s1. The molecular formula is C33H41N7O3. The predicted molar refractivity (Wildman–Crippen MR) is 166 cm³/mol. The minimum Gasteiger partial charge on any atom is -0.385 e. The highest BCUT2D eigenvalue weighted by atomic mass is 16.5. The molecular weight excluding hydrogens is 542 g/mol. The molecule has 2 fully saturated rings. The van der Waals surface area contributed by atoms with Gasteiger partial charge in [-0.1, -0.05) is 43.2 Å². The molecule has 3 N–H and O–H groups in total. The minimum absolute atomic E-state index is 0.0194. The van der Waals surface area contributed by atoms with Gasteiger partial charge in [0.1, 0.15) is 5.60 Å². The Labute approximate surface area is 252 Å². The normalized spacial score (nSPS) is 22.4. The summed E-state index contributed by atoms with van der Waals surface area (Å²) in [5.74, 6) is -0.0706. The SMILES string of the molecule is COCC1(O)CCCC[C@H]1n1cnc(C(=O)N2CCNC[C@H]2CCNc2ccc(-n3cccn3)cc2)c1-c1ccccc1. The number of hydrogen-bond donors (Lipinski definition) is 3. The van der Waals surface area contributed by atoms with E-state index in [4.69, 9.17) is 9.72 Å². The summed E-state index contributed by atoms with van der Waals surface area (Å²) in [6.07, 6.45) is 9.63. The lowest BCUT2D eigenvalue weighted by atomic mass is 9.80. The molecule has 4 aromatic rings. The topological polar surface area (TPSA) is 109 Å². The lowest BCUT2D eigenvalue weighted by Gasteiger charge is -2.41. The number of ether oxygens (including phenoxy) is 1. The molecule has 1 saturated heterocycles. The van der Waals surface area contributed by atoms with E-state index in [0.717, 1.165) is 67.9 Å². The van der Waals surface area contributed by atoms with Crippen LogP contribution in [-0.4, -0.2) is 86.8 Å². The molecule has 1 aliphatic heterocycles. The fourth-order valence-electron chi connectivity index (χ4n) is 6.62. The molecule has 2 aromatic heterocycles. The minimum atomic E-state index is -1.02. The Bertz CT molecular complexity index is 1470. The first kappa shape index (κ1) is 29.1. The third-order valence-electron chi connectivity index (χ3n) is 8.79. The van der Waals surface area contributed by atoms with Crippen molar-refractivity contribution in [2.24, 2.45) is 0 Å². The van der Waals surface area contributed by atoms with Crippen LogP contribution < -0.4 is 10.6 Å². The number of rotatable bonds is 10. The van der Waals surface area contributed by atoms with Crippen molar-refractivity contribution in [3.8, 4) is 16.9 Å². The first-order valence-electron chi connectivity index (χ1n) is 15.3. The van der Waals surface area contributed by atoms with Crippen LogP contribution in [0.5, 0.6) is 0 Å². The maximum atomic E-state index is 14.3. The van der Waals surface area contributed by atoms with E-state index in [1.54, 1.807) is 19.6 Å². The highest BCUT2D eigenvalue weighted by Gasteiger charge is 2.42. The summed E-state index contributed by atoms with van der Waals surface area (Å²) in [7, 11) is 1.63. The van der Waals surface area contributed by atoms with E-state index < -0.39 is 5.60 Å². The second-order valence-electron chi connectivity index (χ2n) is 11.6. The third kappa shape index (κ3) is 6.22. The number of methoxy groups -OCH3 is 1. The number of carbonyl (C=O) groups is 1. The Morgan fingerprint density at radius 1 is 1.14 bits per heavy atom. The molecule has 226 valence electrons. The molecule has 0 radical (unpaired) electrons. The number of nitrogens with one attached hydrogen (secondary N) is 2. The molecule has 1 unspecified atom stereocenters. The zero-order valence-corrected chi connectivity index (χ0v) is 24.7. The molecule has 10 nitrogen and oxygen atoms in total. The number of piperazine rings is 1. The lowest BCUT2D eigenvalue weighted by molar-refractivity contribution is -0.0893. The maximum absolute atomic E-state index is 14.3. The van der Waals surface area contributed by atoms with E-state index in [1.165, 1.54) is 0 Å². The van der Waals surface area contributed by atoms with Crippen LogP contribution in [0.1, 0.15) is 48.6 Å². The highest BCUT2D eigenvalue weighted by Crippen LogP contribution is 2.41. The van der Waals surface area contributed by atoms with Crippen LogP contribution in [0.25, 0.3) is 16.9 Å². The van der Waals surface area contributed by atoms with Gasteiger partial charge in [0.2, 0.25) is 0 Å². The molecule has 0 spiro atoms. The zero-order valence-electron chi connectivity index (χ0n) is 24.7. The number of aliphatic hydroxyl groups is 1. The summed E-state index contributed by atoms with van der Waals surface area (Å²) in [6, 6.07) is 19.8. The van der Waals surface area contributed by atoms with Gasteiger partial charge in [-0.2, -0.15) is 5.10 Å². The van der Waals surface area contributed by atoms with Gasteiger partial charge in [0.15, 0.2) is 5.69 Å². The Balaban J connectivity index is 1.21. The van der Waals surface area contributed by atoms with Crippen molar-refractivity contribution in [1.29, 1.82) is 0 Å². The van der Waals surface area contributed by atoms with Gasteiger partial charge in [-0.05, 0) is 49.6 Å². The molecule has 2 aromatic carbocycles. The van der Waals surface area contributed by atoms with E-state index in [-0.39, 0.29) is 24.6 Å². The first-order chi connectivity index (χ1) is 21.1. The van der Waals surface area contributed by atoms with Gasteiger partial charge in [-0.3, -0.25) is 4.79 Å². The average molecular weight is 584 g/mol. The second-order valence-corrected chi connectivity index (χ2v) is 11.6. The van der Waals surface area contributed by atoms with Gasteiger partial charge >= 0.3 is 0 Å². The Kier molecular flexibility index (Phi) is 8.87. The smallest absolute Gasteiger partial charge is 0.275 e. The molecule has 3 atom stereocenters. The zero-order chi connectivity index (χ0) is 29.6. The summed E-state index contributed by atoms with van der Waals surface area (Å²) < 4.78 is 9.33. The first-order valence-corrected chi connectivity index (χ1v) is 15.3. The van der Waals surface area contributed by atoms with Crippen molar-refractivity contribution in [1.82, 2.24) is 29.5 Å². The molecule has 43 heavy (non-hydrogen) atoms. The molecule has 1 aliphatic carbocycles. The summed E-state index contributed by atoms with van der Waals surface area (Å²) in [5, 5.41) is 22.9. The van der Waals surface area contributed by atoms with Gasteiger partial charge in [-0.25, -0.2) is 9.67 Å². The molecule has 6 rings (SSSR count). The Morgan fingerprint density at radius 3 is 2.74 bits per heavy atom. The number of aromatic nitrogens is 4. The van der Waals surface area contributed by atoms with Crippen molar-refractivity contribution in [2.75, 3.05) is 45.2 Å². The van der Waals surface area contributed by atoms with Crippen molar-refractivity contribution in [2.45, 2.75) is 49.8 Å². The maximum Gasteiger partial charge on any atom is 0.275 e. The van der Waals surface area contributed by atoms with Crippen molar-refractivity contribution in [3.63, 3.8) is 0 Å². The van der Waals surface area contributed by atoms with Gasteiger partial charge in [0.25, 0.3) is 5.91 Å². The predicted octanol–water partition coefficient (Wildman–Crippen LogP) is 4.14. The van der Waals surface area contributed by atoms with Crippen LogP contribution in [0.15, 0.2) is 79.4 Å². The molecule has 10 heteroatoms. The number of amides is 1. The van der Waals surface area contributed by atoms with Crippen molar-refractivity contribution < 1.29 is 14.6 Å². The number of benzene rings is 2. The molecule has 1 amide bonds. The lowest BCUT2D eigenvalue weighted by Crippen LogP contribution is -2.54. The summed E-state index contributed by atoms with van der Waals surface area (Å²) in [5.41, 5.74) is 3.13. The second kappa shape index (κ2) is 13.1. The highest BCUT2D eigenvalue weighted by molar-refractivity contribution is 5.98. The van der Waals surface area contributed by atoms with Crippen LogP contribution in [-0.2, 0) is 4.74 Å². The van der Waals surface area contributed by atoms with E-state index >= 15 is 0 Å². The van der Waals surface area contributed by atoms with Gasteiger partial charge in [0.05, 0.1) is 30.4 Å². The monoisotopic (exact) mass is 583 g/mol. The van der Waals surface area contributed by atoms with E-state index in [2.05, 4.69) is 15.7 Å². The van der Waals surface area contributed by atoms with E-state index in [1.807, 2.05) is 81.0 Å². The van der Waals surface area contributed by atoms with Crippen LogP contribution in [0.3, 0.4) is 0 Å². The summed E-state index contributed by atoms with van der Waals surface area (Å²) >= 11 is 0.